The normalized spacial score (nSPS) is 23.4. The molecule has 0 amide bonds. The molecule has 29 heavy (non-hydrogen) atoms. The minimum atomic E-state index is -0.301. The molecular weight excluding hydrogens is 378 g/mol. The number of hydrogen-bond donors (Lipinski definition) is 2. The van der Waals surface area contributed by atoms with Crippen LogP contribution in [0.5, 0.6) is 0 Å². The highest BCUT2D eigenvalue weighted by Crippen LogP contribution is 2.46. The van der Waals surface area contributed by atoms with Crippen LogP contribution in [0, 0.1) is 0 Å². The zero-order valence-corrected chi connectivity index (χ0v) is 17.8. The van der Waals surface area contributed by atoms with E-state index in [0.717, 1.165) is 44.9 Å². The lowest BCUT2D eigenvalue weighted by Crippen LogP contribution is -2.48. The monoisotopic (exact) mass is 407 g/mol. The number of aromatic amines is 1. The Morgan fingerprint density at radius 1 is 1.07 bits per heavy atom. The van der Waals surface area contributed by atoms with E-state index in [-0.39, 0.29) is 11.5 Å². The molecule has 3 heterocycles. The fraction of sp³-hybridized carbons (Fsp3) is 0.417. The average molecular weight is 408 g/mol. The summed E-state index contributed by atoms with van der Waals surface area (Å²) in [4.78, 5) is 9.65. The molecule has 4 nitrogen and oxygen atoms in total. The topological polar surface area (TPSA) is 42.5 Å². The van der Waals surface area contributed by atoms with Crippen molar-refractivity contribution in [3.63, 3.8) is 0 Å². The van der Waals surface area contributed by atoms with Gasteiger partial charge < -0.3 is 15.0 Å². The minimum absolute atomic E-state index is 0.132. The number of fused-ring (bicyclic) bond motifs is 2. The molecule has 1 saturated heterocycles. The number of H-pyrrole nitrogens is 1. The Kier molecular flexibility index (Phi) is 5.06. The molecule has 3 aromatic rings. The fourth-order valence-corrected chi connectivity index (χ4v) is 6.26. The Bertz CT molecular complexity index is 994. The van der Waals surface area contributed by atoms with Crippen molar-refractivity contribution in [1.82, 2.24) is 9.88 Å². The highest BCUT2D eigenvalue weighted by molar-refractivity contribution is 7.99. The number of rotatable bonds is 5. The average Bonchev–Trinajstić information content (AvgIpc) is 3.38. The molecule has 152 valence electrons. The van der Waals surface area contributed by atoms with Crippen LogP contribution in [0.15, 0.2) is 59.6 Å². The molecule has 5 rings (SSSR count). The number of aromatic nitrogens is 1. The summed E-state index contributed by atoms with van der Waals surface area (Å²) in [5.74, 6) is 0.974. The highest BCUT2D eigenvalue weighted by atomic mass is 32.2. The molecule has 1 aromatic heterocycles. The molecule has 0 aliphatic carbocycles. The molecule has 5 heteroatoms. The number of piperazine rings is 1. The first kappa shape index (κ1) is 19.0. The molecule has 0 radical (unpaired) electrons. The second-order valence-corrected chi connectivity index (χ2v) is 9.57. The number of anilines is 1. The third kappa shape index (κ3) is 3.45. The van der Waals surface area contributed by atoms with Crippen molar-refractivity contribution >= 4 is 28.4 Å². The summed E-state index contributed by atoms with van der Waals surface area (Å²) in [6.07, 6.45) is 2.55. The van der Waals surface area contributed by atoms with Crippen LogP contribution in [-0.2, 0) is 5.41 Å². The number of nitrogens with zero attached hydrogens (tertiary/aromatic N) is 2. The number of aliphatic hydroxyl groups is 1. The predicted molar refractivity (Wildman–Crippen MR) is 122 cm³/mol. The van der Waals surface area contributed by atoms with Gasteiger partial charge in [0.25, 0.3) is 0 Å². The van der Waals surface area contributed by atoms with Crippen LogP contribution >= 0.6 is 11.8 Å². The van der Waals surface area contributed by atoms with Gasteiger partial charge in [0.2, 0.25) is 0 Å². The first-order chi connectivity index (χ1) is 14.1. The quantitative estimate of drug-likeness (QED) is 0.668. The van der Waals surface area contributed by atoms with Crippen LogP contribution in [0.1, 0.15) is 18.9 Å². The SMILES string of the molecule is CC1(C(O)CCN2CCN(c3cccc4[nH]ccc34)CC2)CSc2ccccc21. The molecular formula is C24H29N3OS. The van der Waals surface area contributed by atoms with Crippen molar-refractivity contribution in [3.8, 4) is 0 Å². The molecule has 0 bridgehead atoms. The molecule has 0 spiro atoms. The number of nitrogens with one attached hydrogen (secondary N) is 1. The smallest absolute Gasteiger partial charge is 0.0654 e. The van der Waals surface area contributed by atoms with Crippen molar-refractivity contribution in [2.75, 3.05) is 43.4 Å². The van der Waals surface area contributed by atoms with Crippen molar-refractivity contribution in [3.05, 3.63) is 60.3 Å². The molecule has 2 unspecified atom stereocenters. The molecule has 2 aromatic carbocycles. The van der Waals surface area contributed by atoms with Crippen LogP contribution in [0.2, 0.25) is 0 Å². The van der Waals surface area contributed by atoms with Gasteiger partial charge in [-0.3, -0.25) is 4.90 Å². The van der Waals surface area contributed by atoms with E-state index in [4.69, 9.17) is 0 Å². The van der Waals surface area contributed by atoms with Gasteiger partial charge in [0.1, 0.15) is 0 Å². The lowest BCUT2D eigenvalue weighted by Gasteiger charge is -2.38. The standard InChI is InChI=1S/C24H29N3OS/c1-24(17-29-22-8-3-2-5-19(22)24)23(28)10-12-26-13-15-27(16-14-26)21-7-4-6-20-18(21)9-11-25-20/h2-9,11,23,25,28H,10,12-17H2,1H3. The maximum atomic E-state index is 11.1. The van der Waals surface area contributed by atoms with Gasteiger partial charge in [-0.05, 0) is 36.2 Å². The molecule has 1 fully saturated rings. The predicted octanol–water partition coefficient (Wildman–Crippen LogP) is 4.10. The van der Waals surface area contributed by atoms with Gasteiger partial charge in [-0.2, -0.15) is 0 Å². The van der Waals surface area contributed by atoms with E-state index in [9.17, 15) is 5.11 Å². The van der Waals surface area contributed by atoms with E-state index in [0.29, 0.717) is 0 Å². The first-order valence-electron chi connectivity index (χ1n) is 10.6. The zero-order valence-electron chi connectivity index (χ0n) is 17.0. The third-order valence-corrected chi connectivity index (χ3v) is 8.18. The summed E-state index contributed by atoms with van der Waals surface area (Å²) in [7, 11) is 0. The fourth-order valence-electron chi connectivity index (χ4n) is 4.83. The maximum Gasteiger partial charge on any atom is 0.0654 e. The first-order valence-corrected chi connectivity index (χ1v) is 11.6. The van der Waals surface area contributed by atoms with E-state index >= 15 is 0 Å². The lowest BCUT2D eigenvalue weighted by atomic mass is 9.78. The van der Waals surface area contributed by atoms with Crippen LogP contribution < -0.4 is 4.90 Å². The zero-order chi connectivity index (χ0) is 19.8. The lowest BCUT2D eigenvalue weighted by molar-refractivity contribution is 0.0796. The summed E-state index contributed by atoms with van der Waals surface area (Å²) in [5.41, 5.74) is 3.72. The maximum absolute atomic E-state index is 11.1. The Morgan fingerprint density at radius 3 is 2.76 bits per heavy atom. The number of aliphatic hydroxyl groups excluding tert-OH is 1. The Balaban J connectivity index is 1.18. The van der Waals surface area contributed by atoms with Crippen LogP contribution in [-0.4, -0.2) is 59.6 Å². The van der Waals surface area contributed by atoms with Gasteiger partial charge in [0.05, 0.1) is 6.10 Å². The molecule has 0 saturated carbocycles. The van der Waals surface area contributed by atoms with Crippen LogP contribution in [0.25, 0.3) is 10.9 Å². The van der Waals surface area contributed by atoms with E-state index in [1.807, 2.05) is 18.0 Å². The van der Waals surface area contributed by atoms with Crippen molar-refractivity contribution in [1.29, 1.82) is 0 Å². The number of thioether (sulfide) groups is 1. The Labute approximate surface area is 176 Å². The number of benzene rings is 2. The van der Waals surface area contributed by atoms with Gasteiger partial charge in [0, 0.05) is 71.6 Å². The summed E-state index contributed by atoms with van der Waals surface area (Å²) in [6, 6.07) is 17.2. The van der Waals surface area contributed by atoms with Crippen molar-refractivity contribution in [2.45, 2.75) is 29.8 Å². The summed E-state index contributed by atoms with van der Waals surface area (Å²) < 4.78 is 0. The third-order valence-electron chi connectivity index (χ3n) is 6.77. The van der Waals surface area contributed by atoms with Gasteiger partial charge >= 0.3 is 0 Å². The van der Waals surface area contributed by atoms with Gasteiger partial charge in [-0.15, -0.1) is 11.8 Å². The molecule has 2 N–H and O–H groups in total. The second-order valence-electron chi connectivity index (χ2n) is 8.55. The highest BCUT2D eigenvalue weighted by Gasteiger charge is 2.40. The van der Waals surface area contributed by atoms with Crippen LogP contribution in [0.3, 0.4) is 0 Å². The summed E-state index contributed by atoms with van der Waals surface area (Å²) in [6.45, 7) is 7.37. The number of hydrogen-bond acceptors (Lipinski definition) is 4. The summed E-state index contributed by atoms with van der Waals surface area (Å²) in [5, 5.41) is 12.4. The Hall–Kier alpha value is -1.95. The summed E-state index contributed by atoms with van der Waals surface area (Å²) >= 11 is 1.88. The van der Waals surface area contributed by atoms with Crippen molar-refractivity contribution < 1.29 is 5.11 Å². The molecule has 2 aliphatic heterocycles. The molecule has 2 aliphatic rings. The van der Waals surface area contributed by atoms with Gasteiger partial charge in [-0.1, -0.05) is 31.2 Å². The minimum Gasteiger partial charge on any atom is -0.392 e. The largest absolute Gasteiger partial charge is 0.392 e. The van der Waals surface area contributed by atoms with Gasteiger partial charge in [0.15, 0.2) is 0 Å². The van der Waals surface area contributed by atoms with E-state index in [1.165, 1.54) is 27.0 Å². The van der Waals surface area contributed by atoms with E-state index < -0.39 is 0 Å². The van der Waals surface area contributed by atoms with Crippen molar-refractivity contribution in [2.24, 2.45) is 0 Å². The van der Waals surface area contributed by atoms with E-state index in [2.05, 4.69) is 70.2 Å². The van der Waals surface area contributed by atoms with E-state index in [1.54, 1.807) is 0 Å². The van der Waals surface area contributed by atoms with Crippen LogP contribution in [0.4, 0.5) is 5.69 Å². The van der Waals surface area contributed by atoms with Gasteiger partial charge in [-0.25, -0.2) is 0 Å². The molecule has 2 atom stereocenters. The second kappa shape index (κ2) is 7.71. The Morgan fingerprint density at radius 2 is 1.90 bits per heavy atom.